The van der Waals surface area contributed by atoms with E-state index in [9.17, 15) is 9.90 Å². The zero-order chi connectivity index (χ0) is 15.5. The number of ether oxygens (including phenoxy) is 1. The topological polar surface area (TPSA) is 61.6 Å². The third kappa shape index (κ3) is 4.45. The number of rotatable bonds is 8. The predicted molar refractivity (Wildman–Crippen MR) is 84.0 cm³/mol. The van der Waals surface area contributed by atoms with E-state index in [-0.39, 0.29) is 12.5 Å². The van der Waals surface area contributed by atoms with Crippen molar-refractivity contribution in [2.75, 3.05) is 26.2 Å². The molecule has 2 N–H and O–H groups in total. The Hall–Kier alpha value is -1.59. The molecule has 2 aliphatic rings. The van der Waals surface area contributed by atoms with Gasteiger partial charge < -0.3 is 15.2 Å². The number of amides is 1. The summed E-state index contributed by atoms with van der Waals surface area (Å²) in [6.07, 6.45) is 2.22. The molecule has 3 rings (SSSR count). The molecule has 1 aromatic rings. The monoisotopic (exact) mass is 304 g/mol. The molecule has 3 atom stereocenters. The van der Waals surface area contributed by atoms with Crippen molar-refractivity contribution in [3.8, 4) is 5.75 Å². The molecule has 120 valence electrons. The second-order valence-electron chi connectivity index (χ2n) is 6.45. The van der Waals surface area contributed by atoms with E-state index in [2.05, 4.69) is 10.2 Å². The Labute approximate surface area is 131 Å². The predicted octanol–water partition coefficient (Wildman–Crippen LogP) is 1.27. The van der Waals surface area contributed by atoms with Crippen molar-refractivity contribution in [1.29, 1.82) is 0 Å². The third-order valence-corrected chi connectivity index (χ3v) is 4.11. The van der Waals surface area contributed by atoms with Gasteiger partial charge in [0.1, 0.15) is 12.4 Å². The lowest BCUT2D eigenvalue weighted by atomic mass is 10.2. The Kier molecular flexibility index (Phi) is 4.64. The number of carbonyl (C=O) groups is 1. The van der Waals surface area contributed by atoms with Gasteiger partial charge in [0, 0.05) is 25.2 Å². The molecule has 22 heavy (non-hydrogen) atoms. The van der Waals surface area contributed by atoms with E-state index in [1.54, 1.807) is 19.1 Å². The lowest BCUT2D eigenvalue weighted by Gasteiger charge is -2.10. The van der Waals surface area contributed by atoms with Crippen molar-refractivity contribution in [3.05, 3.63) is 29.8 Å². The summed E-state index contributed by atoms with van der Waals surface area (Å²) < 4.78 is 5.81. The van der Waals surface area contributed by atoms with Crippen LogP contribution in [0.5, 0.6) is 5.75 Å². The normalized spacial score (nSPS) is 24.6. The number of aliphatic hydroxyl groups excluding tert-OH is 1. The first kappa shape index (κ1) is 15.3. The van der Waals surface area contributed by atoms with E-state index in [0.717, 1.165) is 18.2 Å². The maximum Gasteiger partial charge on any atom is 0.251 e. The average molecular weight is 304 g/mol. The number of nitrogens with one attached hydrogen (secondary N) is 1. The Morgan fingerprint density at radius 1 is 1.50 bits per heavy atom. The van der Waals surface area contributed by atoms with E-state index in [1.165, 1.54) is 19.4 Å². The van der Waals surface area contributed by atoms with Gasteiger partial charge in [-0.1, -0.05) is 6.07 Å². The Morgan fingerprint density at radius 3 is 3.05 bits per heavy atom. The Balaban J connectivity index is 1.45. The van der Waals surface area contributed by atoms with Gasteiger partial charge in [-0.15, -0.1) is 0 Å². The maximum absolute atomic E-state index is 11.9. The molecule has 3 unspecified atom stereocenters. The summed E-state index contributed by atoms with van der Waals surface area (Å²) in [5.74, 6) is 1.46. The molecule has 2 fully saturated rings. The molecule has 1 saturated heterocycles. The number of carbonyl (C=O) groups excluding carboxylic acids is 1. The largest absolute Gasteiger partial charge is 0.492 e. The van der Waals surface area contributed by atoms with Gasteiger partial charge in [0.05, 0.1) is 12.1 Å². The van der Waals surface area contributed by atoms with E-state index in [1.807, 2.05) is 12.1 Å². The molecular weight excluding hydrogens is 280 g/mol. The minimum absolute atomic E-state index is 0.187. The lowest BCUT2D eigenvalue weighted by molar-refractivity contribution is 0.0923. The van der Waals surface area contributed by atoms with Crippen LogP contribution in [-0.4, -0.2) is 54.3 Å². The van der Waals surface area contributed by atoms with Gasteiger partial charge in [-0.25, -0.2) is 0 Å². The average Bonchev–Trinajstić information content (AvgIpc) is 3.42. The van der Waals surface area contributed by atoms with Crippen LogP contribution < -0.4 is 10.1 Å². The van der Waals surface area contributed by atoms with Gasteiger partial charge in [0.2, 0.25) is 0 Å². The summed E-state index contributed by atoms with van der Waals surface area (Å²) in [6.45, 7) is 4.93. The summed E-state index contributed by atoms with van der Waals surface area (Å²) in [7, 11) is 0. The molecule has 5 heteroatoms. The van der Waals surface area contributed by atoms with Crippen LogP contribution in [0.25, 0.3) is 0 Å². The van der Waals surface area contributed by atoms with Crippen molar-refractivity contribution >= 4 is 5.91 Å². The summed E-state index contributed by atoms with van der Waals surface area (Å²) in [5.41, 5.74) is 0.559. The Bertz CT molecular complexity index is 528. The molecule has 0 bridgehead atoms. The maximum atomic E-state index is 11.9. The highest BCUT2D eigenvalue weighted by atomic mass is 16.5. The van der Waals surface area contributed by atoms with Crippen LogP contribution in [0.4, 0.5) is 0 Å². The molecule has 1 saturated carbocycles. The molecule has 1 heterocycles. The smallest absolute Gasteiger partial charge is 0.251 e. The minimum Gasteiger partial charge on any atom is -0.492 e. The van der Waals surface area contributed by atoms with Crippen molar-refractivity contribution in [2.45, 2.75) is 31.9 Å². The van der Waals surface area contributed by atoms with Crippen molar-refractivity contribution in [2.24, 2.45) is 5.92 Å². The summed E-state index contributed by atoms with van der Waals surface area (Å²) in [6, 6.07) is 7.74. The number of aliphatic hydroxyl groups is 1. The first-order valence-corrected chi connectivity index (χ1v) is 8.05. The third-order valence-electron chi connectivity index (χ3n) is 4.11. The summed E-state index contributed by atoms with van der Waals surface area (Å²) in [5, 5.41) is 11.9. The summed E-state index contributed by atoms with van der Waals surface area (Å²) >= 11 is 0. The molecule has 0 aromatic heterocycles. The fourth-order valence-corrected chi connectivity index (χ4v) is 2.50. The fraction of sp³-hybridized carbons (Fsp3) is 0.588. The van der Waals surface area contributed by atoms with Crippen molar-refractivity contribution in [1.82, 2.24) is 10.2 Å². The second-order valence-corrected chi connectivity index (χ2v) is 6.45. The Morgan fingerprint density at radius 2 is 2.32 bits per heavy atom. The standard InChI is InChI=1S/C17H24N2O3/c1-12(20)8-18-17(21)14-3-2-4-16(7-14)22-11-15-10-19(15)9-13-5-6-13/h2-4,7,12-13,15,20H,5-6,8-11H2,1H3,(H,18,21). The number of hydrogen-bond donors (Lipinski definition) is 2. The van der Waals surface area contributed by atoms with Crippen molar-refractivity contribution < 1.29 is 14.6 Å². The van der Waals surface area contributed by atoms with Crippen LogP contribution in [0, 0.1) is 5.92 Å². The SMILES string of the molecule is CC(O)CNC(=O)c1cccc(OCC2CN2CC2CC2)c1. The molecule has 1 aliphatic carbocycles. The van der Waals surface area contributed by atoms with Gasteiger partial charge >= 0.3 is 0 Å². The van der Waals surface area contributed by atoms with Gasteiger partial charge in [-0.3, -0.25) is 9.69 Å². The zero-order valence-electron chi connectivity index (χ0n) is 13.0. The molecule has 0 radical (unpaired) electrons. The van der Waals surface area contributed by atoms with Crippen LogP contribution in [-0.2, 0) is 0 Å². The highest BCUT2D eigenvalue weighted by Gasteiger charge is 2.38. The molecular formula is C17H24N2O3. The zero-order valence-corrected chi connectivity index (χ0v) is 13.0. The van der Waals surface area contributed by atoms with Gasteiger partial charge in [0.15, 0.2) is 0 Å². The van der Waals surface area contributed by atoms with E-state index in [4.69, 9.17) is 4.74 Å². The van der Waals surface area contributed by atoms with Crippen LogP contribution in [0.3, 0.4) is 0 Å². The highest BCUT2D eigenvalue weighted by Crippen LogP contribution is 2.33. The van der Waals surface area contributed by atoms with Crippen LogP contribution >= 0.6 is 0 Å². The first-order valence-electron chi connectivity index (χ1n) is 8.05. The minimum atomic E-state index is -0.546. The van der Waals surface area contributed by atoms with Crippen molar-refractivity contribution in [3.63, 3.8) is 0 Å². The van der Waals surface area contributed by atoms with E-state index >= 15 is 0 Å². The number of hydrogen-bond acceptors (Lipinski definition) is 4. The van der Waals surface area contributed by atoms with Gasteiger partial charge in [-0.2, -0.15) is 0 Å². The number of nitrogens with zero attached hydrogens (tertiary/aromatic N) is 1. The first-order chi connectivity index (χ1) is 10.6. The number of benzene rings is 1. The molecule has 0 spiro atoms. The van der Waals surface area contributed by atoms with Gasteiger partial charge in [-0.05, 0) is 43.9 Å². The van der Waals surface area contributed by atoms with Crippen LogP contribution in [0.1, 0.15) is 30.1 Å². The lowest BCUT2D eigenvalue weighted by Crippen LogP contribution is -2.30. The quantitative estimate of drug-likeness (QED) is 0.710. The molecule has 5 nitrogen and oxygen atoms in total. The summed E-state index contributed by atoms with van der Waals surface area (Å²) in [4.78, 5) is 14.4. The molecule has 1 amide bonds. The molecule has 1 aromatic carbocycles. The van der Waals surface area contributed by atoms with Crippen LogP contribution in [0.15, 0.2) is 24.3 Å². The fourth-order valence-electron chi connectivity index (χ4n) is 2.50. The van der Waals surface area contributed by atoms with Crippen LogP contribution in [0.2, 0.25) is 0 Å². The highest BCUT2D eigenvalue weighted by molar-refractivity contribution is 5.94. The van der Waals surface area contributed by atoms with Gasteiger partial charge in [0.25, 0.3) is 5.91 Å². The molecule has 1 aliphatic heterocycles. The second kappa shape index (κ2) is 6.67. The van der Waals surface area contributed by atoms with E-state index in [0.29, 0.717) is 18.2 Å². The van der Waals surface area contributed by atoms with E-state index < -0.39 is 6.10 Å².